The molecule has 0 spiro atoms. The Bertz CT molecular complexity index is 567. The van der Waals surface area contributed by atoms with Crippen LogP contribution in [-0.2, 0) is 0 Å². The van der Waals surface area contributed by atoms with E-state index in [1.54, 1.807) is 0 Å². The smallest absolute Gasteiger partial charge is 0.131 e. The van der Waals surface area contributed by atoms with E-state index in [4.69, 9.17) is 4.74 Å². The Morgan fingerprint density at radius 1 is 0.900 bits per heavy atom. The van der Waals surface area contributed by atoms with Gasteiger partial charge in [-0.15, -0.1) is 0 Å². The molecule has 0 radical (unpaired) electrons. The SMILES string of the molecule is CC(C)(C)NCC1c2ccccc2Oc2ccccc21. The lowest BCUT2D eigenvalue weighted by molar-refractivity contribution is 0.395. The second kappa shape index (κ2) is 4.95. The minimum Gasteiger partial charge on any atom is -0.457 e. The third-order valence-electron chi connectivity index (χ3n) is 3.65. The summed E-state index contributed by atoms with van der Waals surface area (Å²) in [6.07, 6.45) is 0. The van der Waals surface area contributed by atoms with Crippen LogP contribution in [0.3, 0.4) is 0 Å². The lowest BCUT2D eigenvalue weighted by Gasteiger charge is -2.31. The van der Waals surface area contributed by atoms with E-state index in [1.807, 2.05) is 12.1 Å². The van der Waals surface area contributed by atoms with E-state index in [0.717, 1.165) is 18.0 Å². The van der Waals surface area contributed by atoms with E-state index in [9.17, 15) is 0 Å². The normalized spacial score (nSPS) is 14.3. The molecule has 104 valence electrons. The van der Waals surface area contributed by atoms with Crippen molar-refractivity contribution in [3.63, 3.8) is 0 Å². The van der Waals surface area contributed by atoms with Gasteiger partial charge in [0, 0.05) is 29.1 Å². The Balaban J connectivity index is 1.99. The van der Waals surface area contributed by atoms with Gasteiger partial charge < -0.3 is 10.1 Å². The van der Waals surface area contributed by atoms with Gasteiger partial charge >= 0.3 is 0 Å². The molecule has 0 aromatic heterocycles. The molecule has 0 fully saturated rings. The Morgan fingerprint density at radius 2 is 1.40 bits per heavy atom. The fraction of sp³-hybridized carbons (Fsp3) is 0.333. The molecule has 1 aliphatic rings. The van der Waals surface area contributed by atoms with Gasteiger partial charge in [0.2, 0.25) is 0 Å². The molecule has 2 aromatic rings. The number of rotatable bonds is 2. The highest BCUT2D eigenvalue weighted by atomic mass is 16.5. The van der Waals surface area contributed by atoms with E-state index >= 15 is 0 Å². The fourth-order valence-electron chi connectivity index (χ4n) is 2.64. The van der Waals surface area contributed by atoms with Crippen LogP contribution >= 0.6 is 0 Å². The number of benzene rings is 2. The number of fused-ring (bicyclic) bond motifs is 2. The quantitative estimate of drug-likeness (QED) is 0.875. The standard InChI is InChI=1S/C18H21NO/c1-18(2,3)19-12-15-13-8-4-6-10-16(13)20-17-11-7-5-9-14(15)17/h4-11,15,19H,12H2,1-3H3. The van der Waals surface area contributed by atoms with Crippen molar-refractivity contribution >= 4 is 0 Å². The van der Waals surface area contributed by atoms with Crippen molar-refractivity contribution in [1.82, 2.24) is 5.32 Å². The maximum Gasteiger partial charge on any atom is 0.131 e. The summed E-state index contributed by atoms with van der Waals surface area (Å²) in [6.45, 7) is 7.51. The average Bonchev–Trinajstić information content (AvgIpc) is 2.42. The molecule has 1 heterocycles. The first kappa shape index (κ1) is 13.2. The number of hydrogen-bond donors (Lipinski definition) is 1. The third-order valence-corrected chi connectivity index (χ3v) is 3.65. The summed E-state index contributed by atoms with van der Waals surface area (Å²) in [4.78, 5) is 0. The number of ether oxygens (including phenoxy) is 1. The molecule has 3 rings (SSSR count). The summed E-state index contributed by atoms with van der Waals surface area (Å²) in [6, 6.07) is 16.7. The number of hydrogen-bond acceptors (Lipinski definition) is 2. The molecule has 0 amide bonds. The highest BCUT2D eigenvalue weighted by Gasteiger charge is 2.27. The molecule has 2 aromatic carbocycles. The van der Waals surface area contributed by atoms with Gasteiger partial charge in [-0.3, -0.25) is 0 Å². The van der Waals surface area contributed by atoms with Gasteiger partial charge in [0.1, 0.15) is 11.5 Å². The maximum absolute atomic E-state index is 6.01. The predicted octanol–water partition coefficient (Wildman–Crippen LogP) is 4.31. The molecule has 1 N–H and O–H groups in total. The Morgan fingerprint density at radius 3 is 1.90 bits per heavy atom. The van der Waals surface area contributed by atoms with Gasteiger partial charge in [0.15, 0.2) is 0 Å². The highest BCUT2D eigenvalue weighted by molar-refractivity contribution is 5.53. The highest BCUT2D eigenvalue weighted by Crippen LogP contribution is 2.43. The molecule has 0 bridgehead atoms. The van der Waals surface area contributed by atoms with E-state index in [1.165, 1.54) is 11.1 Å². The molecule has 0 saturated heterocycles. The van der Waals surface area contributed by atoms with Crippen molar-refractivity contribution in [2.24, 2.45) is 0 Å². The summed E-state index contributed by atoms with van der Waals surface area (Å²) in [7, 11) is 0. The summed E-state index contributed by atoms with van der Waals surface area (Å²) in [5.41, 5.74) is 2.65. The van der Waals surface area contributed by atoms with E-state index in [2.05, 4.69) is 62.5 Å². The molecule has 2 nitrogen and oxygen atoms in total. The molecular formula is C18H21NO. The van der Waals surface area contributed by atoms with E-state index < -0.39 is 0 Å². The average molecular weight is 267 g/mol. The van der Waals surface area contributed by atoms with Crippen LogP contribution in [0.1, 0.15) is 37.8 Å². The number of nitrogens with one attached hydrogen (secondary N) is 1. The van der Waals surface area contributed by atoms with E-state index in [0.29, 0.717) is 5.92 Å². The predicted molar refractivity (Wildman–Crippen MR) is 82.6 cm³/mol. The molecule has 20 heavy (non-hydrogen) atoms. The molecule has 0 saturated carbocycles. The molecule has 1 aliphatic heterocycles. The van der Waals surface area contributed by atoms with Gasteiger partial charge in [-0.2, -0.15) is 0 Å². The summed E-state index contributed by atoms with van der Waals surface area (Å²) < 4.78 is 6.01. The van der Waals surface area contributed by atoms with Crippen molar-refractivity contribution < 1.29 is 4.74 Å². The Labute approximate surface area is 120 Å². The molecule has 2 heteroatoms. The molecule has 0 aliphatic carbocycles. The Hall–Kier alpha value is -1.80. The molecule has 0 atom stereocenters. The van der Waals surface area contributed by atoms with Crippen LogP contribution < -0.4 is 10.1 Å². The summed E-state index contributed by atoms with van der Waals surface area (Å²) >= 11 is 0. The zero-order chi connectivity index (χ0) is 14.2. The monoisotopic (exact) mass is 267 g/mol. The fourth-order valence-corrected chi connectivity index (χ4v) is 2.64. The third kappa shape index (κ3) is 2.56. The van der Waals surface area contributed by atoms with Crippen LogP contribution in [-0.4, -0.2) is 12.1 Å². The second-order valence-corrected chi connectivity index (χ2v) is 6.36. The first-order valence-corrected chi connectivity index (χ1v) is 7.15. The van der Waals surface area contributed by atoms with Gasteiger partial charge in [0.05, 0.1) is 0 Å². The van der Waals surface area contributed by atoms with Crippen molar-refractivity contribution in [3.8, 4) is 11.5 Å². The zero-order valence-electron chi connectivity index (χ0n) is 12.3. The van der Waals surface area contributed by atoms with Crippen LogP contribution in [0.2, 0.25) is 0 Å². The summed E-state index contributed by atoms with van der Waals surface area (Å²) in [5, 5.41) is 3.62. The van der Waals surface area contributed by atoms with Crippen molar-refractivity contribution in [3.05, 3.63) is 59.7 Å². The Kier molecular flexibility index (Phi) is 3.27. The first-order chi connectivity index (χ1) is 9.54. The van der Waals surface area contributed by atoms with Crippen LogP contribution in [0.5, 0.6) is 11.5 Å². The van der Waals surface area contributed by atoms with Gasteiger partial charge in [0.25, 0.3) is 0 Å². The van der Waals surface area contributed by atoms with Crippen molar-refractivity contribution in [2.45, 2.75) is 32.2 Å². The first-order valence-electron chi connectivity index (χ1n) is 7.15. The second-order valence-electron chi connectivity index (χ2n) is 6.36. The van der Waals surface area contributed by atoms with Crippen LogP contribution in [0, 0.1) is 0 Å². The van der Waals surface area contributed by atoms with Gasteiger partial charge in [-0.1, -0.05) is 36.4 Å². The van der Waals surface area contributed by atoms with Crippen molar-refractivity contribution in [2.75, 3.05) is 6.54 Å². The van der Waals surface area contributed by atoms with E-state index in [-0.39, 0.29) is 5.54 Å². The topological polar surface area (TPSA) is 21.3 Å². The van der Waals surface area contributed by atoms with Gasteiger partial charge in [-0.05, 0) is 32.9 Å². The zero-order valence-corrected chi connectivity index (χ0v) is 12.3. The number of para-hydroxylation sites is 2. The minimum atomic E-state index is 0.113. The van der Waals surface area contributed by atoms with Crippen LogP contribution in [0.25, 0.3) is 0 Å². The maximum atomic E-state index is 6.01. The molecule has 0 unspecified atom stereocenters. The lowest BCUT2D eigenvalue weighted by Crippen LogP contribution is -2.39. The lowest BCUT2D eigenvalue weighted by atomic mass is 9.87. The molecular weight excluding hydrogens is 246 g/mol. The largest absolute Gasteiger partial charge is 0.457 e. The van der Waals surface area contributed by atoms with Crippen LogP contribution in [0.15, 0.2) is 48.5 Å². The van der Waals surface area contributed by atoms with Crippen LogP contribution in [0.4, 0.5) is 0 Å². The summed E-state index contributed by atoms with van der Waals surface area (Å²) in [5.74, 6) is 2.30. The minimum absolute atomic E-state index is 0.113. The van der Waals surface area contributed by atoms with Crippen molar-refractivity contribution in [1.29, 1.82) is 0 Å². The van der Waals surface area contributed by atoms with Gasteiger partial charge in [-0.25, -0.2) is 0 Å².